The minimum absolute atomic E-state index is 0.0203. The number of primary amides is 1. The van der Waals surface area contributed by atoms with E-state index in [4.69, 9.17) is 10.5 Å². The van der Waals surface area contributed by atoms with Crippen LogP contribution in [0.3, 0.4) is 0 Å². The number of piperidine rings is 1. The maximum atomic E-state index is 12.3. The van der Waals surface area contributed by atoms with E-state index in [0.717, 1.165) is 17.2 Å². The Hall–Kier alpha value is -1.61. The molecule has 1 atom stereocenters. The van der Waals surface area contributed by atoms with Crippen LogP contribution in [0.15, 0.2) is 9.72 Å². The molecule has 1 aromatic heterocycles. The number of ether oxygens (including phenoxy) is 1. The van der Waals surface area contributed by atoms with Gasteiger partial charge in [-0.2, -0.15) is 0 Å². The van der Waals surface area contributed by atoms with Crippen molar-refractivity contribution in [1.82, 2.24) is 9.88 Å². The Morgan fingerprint density at radius 1 is 1.50 bits per heavy atom. The average Bonchev–Trinajstić information content (AvgIpc) is 3.00. The Bertz CT molecular complexity index is 605. The Morgan fingerprint density at radius 3 is 3.00 bits per heavy atom. The average molecular weight is 371 g/mol. The third-order valence-electron chi connectivity index (χ3n) is 3.66. The fourth-order valence-corrected chi connectivity index (χ4v) is 4.19. The van der Waals surface area contributed by atoms with Crippen LogP contribution < -0.4 is 5.73 Å². The lowest BCUT2D eigenvalue weighted by Crippen LogP contribution is -2.44. The van der Waals surface area contributed by atoms with E-state index < -0.39 is 0 Å². The number of hydrogen-bond acceptors (Lipinski definition) is 7. The summed E-state index contributed by atoms with van der Waals surface area (Å²) in [7, 11) is 0. The van der Waals surface area contributed by atoms with Gasteiger partial charge < -0.3 is 15.4 Å². The van der Waals surface area contributed by atoms with Crippen LogP contribution in [0, 0.1) is 5.92 Å². The summed E-state index contributed by atoms with van der Waals surface area (Å²) in [6.07, 6.45) is 1.69. The zero-order valence-corrected chi connectivity index (χ0v) is 15.2. The number of carbonyl (C=O) groups excluding carboxylic acids is 3. The summed E-state index contributed by atoms with van der Waals surface area (Å²) in [5, 5.41) is 1.80. The maximum Gasteiger partial charge on any atom is 0.311 e. The highest BCUT2D eigenvalue weighted by Gasteiger charge is 2.26. The van der Waals surface area contributed by atoms with Gasteiger partial charge in [0.05, 0.1) is 30.4 Å². The first-order valence-electron chi connectivity index (χ1n) is 7.79. The molecule has 1 aromatic rings. The van der Waals surface area contributed by atoms with E-state index in [0.29, 0.717) is 25.4 Å². The molecule has 1 aliphatic rings. The number of likely N-dealkylation sites (tertiary alicyclic amines) is 1. The van der Waals surface area contributed by atoms with Crippen LogP contribution in [0.2, 0.25) is 0 Å². The summed E-state index contributed by atoms with van der Waals surface area (Å²) in [4.78, 5) is 41.0. The molecular formula is C15H21N3O4S2. The molecule has 2 rings (SSSR count). The van der Waals surface area contributed by atoms with E-state index in [1.807, 2.05) is 0 Å². The zero-order valence-electron chi connectivity index (χ0n) is 13.5. The first kappa shape index (κ1) is 18.7. The van der Waals surface area contributed by atoms with Crippen LogP contribution in [0.1, 0.15) is 25.5 Å². The predicted molar refractivity (Wildman–Crippen MR) is 91.7 cm³/mol. The van der Waals surface area contributed by atoms with E-state index in [2.05, 4.69) is 4.98 Å². The maximum absolute atomic E-state index is 12.3. The molecule has 0 bridgehead atoms. The van der Waals surface area contributed by atoms with Crippen molar-refractivity contribution in [3.8, 4) is 0 Å². The summed E-state index contributed by atoms with van der Waals surface area (Å²) in [6.45, 7) is 3.17. The van der Waals surface area contributed by atoms with Crippen molar-refractivity contribution in [3.05, 3.63) is 11.1 Å². The molecule has 1 fully saturated rings. The monoisotopic (exact) mass is 371 g/mol. The highest BCUT2D eigenvalue weighted by molar-refractivity contribution is 8.01. The molecule has 0 radical (unpaired) electrons. The van der Waals surface area contributed by atoms with E-state index in [1.54, 1.807) is 17.2 Å². The van der Waals surface area contributed by atoms with Gasteiger partial charge in [-0.25, -0.2) is 4.98 Å². The van der Waals surface area contributed by atoms with Gasteiger partial charge in [0.2, 0.25) is 11.8 Å². The molecule has 0 unspecified atom stereocenters. The number of carbonyl (C=O) groups is 3. The van der Waals surface area contributed by atoms with E-state index in [9.17, 15) is 14.4 Å². The molecule has 0 aromatic carbocycles. The lowest BCUT2D eigenvalue weighted by molar-refractivity contribution is -0.142. The minimum atomic E-state index is -0.344. The molecule has 0 aliphatic carbocycles. The second-order valence-corrected chi connectivity index (χ2v) is 7.54. The van der Waals surface area contributed by atoms with Crippen LogP contribution in [0.5, 0.6) is 0 Å². The minimum Gasteiger partial charge on any atom is -0.466 e. The van der Waals surface area contributed by atoms with Crippen molar-refractivity contribution in [3.63, 3.8) is 0 Å². The normalized spacial score (nSPS) is 17.5. The highest BCUT2D eigenvalue weighted by Crippen LogP contribution is 2.24. The second-order valence-electron chi connectivity index (χ2n) is 5.46. The third kappa shape index (κ3) is 5.48. The molecule has 0 spiro atoms. The zero-order chi connectivity index (χ0) is 17.5. The summed E-state index contributed by atoms with van der Waals surface area (Å²) in [5.41, 5.74) is 5.98. The number of thioether (sulfide) groups is 1. The Morgan fingerprint density at radius 2 is 2.29 bits per heavy atom. The topological polar surface area (TPSA) is 103 Å². The van der Waals surface area contributed by atoms with Gasteiger partial charge in [-0.05, 0) is 19.8 Å². The SMILES string of the molecule is CCOC(=O)Cc1csc(SCC(=O)N2CCC[C@@H](C(N)=O)C2)n1. The van der Waals surface area contributed by atoms with Crippen molar-refractivity contribution in [2.45, 2.75) is 30.5 Å². The molecule has 24 heavy (non-hydrogen) atoms. The molecular weight excluding hydrogens is 350 g/mol. The molecule has 2 N–H and O–H groups in total. The van der Waals surface area contributed by atoms with Gasteiger partial charge in [-0.15, -0.1) is 11.3 Å². The summed E-state index contributed by atoms with van der Waals surface area (Å²) in [5.74, 6) is -0.653. The summed E-state index contributed by atoms with van der Waals surface area (Å²) in [6, 6.07) is 0. The Balaban J connectivity index is 1.80. The molecule has 132 valence electrons. The van der Waals surface area contributed by atoms with Crippen LogP contribution in [-0.4, -0.2) is 53.1 Å². The van der Waals surface area contributed by atoms with E-state index >= 15 is 0 Å². The molecule has 1 saturated heterocycles. The lowest BCUT2D eigenvalue weighted by Gasteiger charge is -2.31. The fourth-order valence-electron chi connectivity index (χ4n) is 2.45. The Labute approximate surface area is 148 Å². The molecule has 2 amide bonds. The van der Waals surface area contributed by atoms with Crippen molar-refractivity contribution in [1.29, 1.82) is 0 Å². The number of nitrogens with zero attached hydrogens (tertiary/aromatic N) is 2. The third-order valence-corrected chi connectivity index (χ3v) is 5.71. The number of aromatic nitrogens is 1. The van der Waals surface area contributed by atoms with Crippen LogP contribution in [-0.2, 0) is 25.5 Å². The summed E-state index contributed by atoms with van der Waals surface area (Å²) >= 11 is 2.74. The summed E-state index contributed by atoms with van der Waals surface area (Å²) < 4.78 is 5.62. The van der Waals surface area contributed by atoms with Crippen molar-refractivity contribution < 1.29 is 19.1 Å². The quantitative estimate of drug-likeness (QED) is 0.568. The van der Waals surface area contributed by atoms with Crippen LogP contribution >= 0.6 is 23.1 Å². The second kappa shape index (κ2) is 9.03. The molecule has 0 saturated carbocycles. The van der Waals surface area contributed by atoms with Crippen molar-refractivity contribution >= 4 is 40.9 Å². The van der Waals surface area contributed by atoms with Crippen LogP contribution in [0.25, 0.3) is 0 Å². The van der Waals surface area contributed by atoms with Crippen molar-refractivity contribution in [2.75, 3.05) is 25.4 Å². The van der Waals surface area contributed by atoms with Gasteiger partial charge in [-0.3, -0.25) is 14.4 Å². The largest absolute Gasteiger partial charge is 0.466 e. The first-order chi connectivity index (χ1) is 11.5. The number of rotatable bonds is 7. The number of hydrogen-bond donors (Lipinski definition) is 1. The smallest absolute Gasteiger partial charge is 0.311 e. The Kier molecular flexibility index (Phi) is 7.04. The predicted octanol–water partition coefficient (Wildman–Crippen LogP) is 1.06. The van der Waals surface area contributed by atoms with E-state index in [-0.39, 0.29) is 35.9 Å². The number of nitrogens with two attached hydrogens (primary N) is 1. The van der Waals surface area contributed by atoms with E-state index in [1.165, 1.54) is 23.1 Å². The first-order valence-corrected chi connectivity index (χ1v) is 9.66. The fraction of sp³-hybridized carbons (Fsp3) is 0.600. The van der Waals surface area contributed by atoms with Crippen molar-refractivity contribution in [2.24, 2.45) is 11.7 Å². The number of amides is 2. The van der Waals surface area contributed by atoms with Gasteiger partial charge in [0.1, 0.15) is 0 Å². The molecule has 1 aliphatic heterocycles. The number of esters is 1. The van der Waals surface area contributed by atoms with Crippen LogP contribution in [0.4, 0.5) is 0 Å². The highest BCUT2D eigenvalue weighted by atomic mass is 32.2. The lowest BCUT2D eigenvalue weighted by atomic mass is 9.97. The van der Waals surface area contributed by atoms with Gasteiger partial charge in [-0.1, -0.05) is 11.8 Å². The van der Waals surface area contributed by atoms with Gasteiger partial charge >= 0.3 is 5.97 Å². The standard InChI is InChI=1S/C15H21N3O4S2/c1-2-22-13(20)6-11-8-23-15(17-11)24-9-12(19)18-5-3-4-10(7-18)14(16)21/h8,10H,2-7,9H2,1H3,(H2,16,21)/t10-/m1/s1. The number of thiazole rings is 1. The van der Waals surface area contributed by atoms with Gasteiger partial charge in [0.25, 0.3) is 0 Å². The van der Waals surface area contributed by atoms with Gasteiger partial charge in [0, 0.05) is 18.5 Å². The van der Waals surface area contributed by atoms with Gasteiger partial charge in [0.15, 0.2) is 4.34 Å². The molecule has 7 nitrogen and oxygen atoms in total. The molecule has 2 heterocycles. The molecule has 9 heteroatoms.